The Hall–Kier alpha value is -2.51. The summed E-state index contributed by atoms with van der Waals surface area (Å²) in [7, 11) is 0. The van der Waals surface area contributed by atoms with Gasteiger partial charge >= 0.3 is 0 Å². The van der Waals surface area contributed by atoms with E-state index in [0.29, 0.717) is 23.5 Å². The first-order valence-electron chi connectivity index (χ1n) is 10.7. The highest BCUT2D eigenvalue weighted by Crippen LogP contribution is 2.29. The van der Waals surface area contributed by atoms with E-state index >= 15 is 0 Å². The normalized spacial score (nSPS) is 20.0. The Balaban J connectivity index is 1.32. The van der Waals surface area contributed by atoms with Crippen LogP contribution in [0.2, 0.25) is 0 Å². The van der Waals surface area contributed by atoms with Crippen molar-refractivity contribution in [1.82, 2.24) is 5.32 Å². The Kier molecular flexibility index (Phi) is 6.83. The van der Waals surface area contributed by atoms with E-state index < -0.39 is 0 Å². The topological polar surface area (TPSA) is 79.5 Å². The molecule has 164 valence electrons. The number of carbonyl (C=O) groups is 2. The van der Waals surface area contributed by atoms with Crippen molar-refractivity contribution >= 4 is 35.0 Å². The minimum Gasteiger partial charge on any atom is -0.376 e. The van der Waals surface area contributed by atoms with Crippen LogP contribution in [-0.4, -0.2) is 42.9 Å². The number of ether oxygens (including phenoxy) is 1. The largest absolute Gasteiger partial charge is 0.376 e. The lowest BCUT2D eigenvalue weighted by atomic mass is 10.1. The Morgan fingerprint density at radius 3 is 2.87 bits per heavy atom. The number of nitrogens with one attached hydrogen (secondary N) is 3. The number of thioether (sulfide) groups is 1. The van der Waals surface area contributed by atoms with Gasteiger partial charge in [-0.15, -0.1) is 0 Å². The van der Waals surface area contributed by atoms with Crippen LogP contribution < -0.4 is 16.0 Å². The van der Waals surface area contributed by atoms with Gasteiger partial charge in [0.15, 0.2) is 0 Å². The lowest BCUT2D eigenvalue weighted by Gasteiger charge is -2.27. The molecule has 31 heavy (non-hydrogen) atoms. The van der Waals surface area contributed by atoms with Crippen molar-refractivity contribution in [2.45, 2.75) is 44.6 Å². The van der Waals surface area contributed by atoms with E-state index in [1.54, 1.807) is 23.9 Å². The van der Waals surface area contributed by atoms with Crippen LogP contribution in [0.1, 0.15) is 39.9 Å². The minimum absolute atomic E-state index is 0.0714. The summed E-state index contributed by atoms with van der Waals surface area (Å²) in [5.41, 5.74) is 5.84. The molecular formula is C24H29N3O3S. The molecule has 2 aromatic rings. The van der Waals surface area contributed by atoms with Crippen LogP contribution in [0.5, 0.6) is 0 Å². The molecule has 2 amide bonds. The molecule has 2 heterocycles. The van der Waals surface area contributed by atoms with E-state index in [4.69, 9.17) is 4.74 Å². The highest BCUT2D eigenvalue weighted by atomic mass is 32.2. The summed E-state index contributed by atoms with van der Waals surface area (Å²) in [6.45, 7) is 5.49. The second kappa shape index (κ2) is 9.75. The second-order valence-corrected chi connectivity index (χ2v) is 9.27. The first-order valence-corrected chi connectivity index (χ1v) is 11.9. The lowest BCUT2D eigenvalue weighted by Crippen LogP contribution is -2.40. The van der Waals surface area contributed by atoms with Crippen molar-refractivity contribution in [3.05, 3.63) is 58.7 Å². The van der Waals surface area contributed by atoms with Crippen LogP contribution in [0.15, 0.2) is 36.4 Å². The Morgan fingerprint density at radius 1 is 1.19 bits per heavy atom. The van der Waals surface area contributed by atoms with Crippen molar-refractivity contribution < 1.29 is 14.3 Å². The first-order chi connectivity index (χ1) is 15.0. The first kappa shape index (κ1) is 21.7. The molecular weight excluding hydrogens is 410 g/mol. The standard InChI is InChI=1S/C24H29N3O3S/c1-15-5-6-16(2)18(10-15)13-31-14-22-24(29)27-21-11-17(7-8-20(21)26-22)23(28)25-12-19-4-3-9-30-19/h5-8,10-11,19,22,26H,3-4,9,12-14H2,1-2H3,(H,25,28)(H,27,29). The lowest BCUT2D eigenvalue weighted by molar-refractivity contribution is -0.116. The van der Waals surface area contributed by atoms with Crippen LogP contribution in [0.4, 0.5) is 11.4 Å². The molecule has 2 aromatic carbocycles. The quantitative estimate of drug-likeness (QED) is 0.610. The molecule has 0 aliphatic carbocycles. The summed E-state index contributed by atoms with van der Waals surface area (Å²) in [5.74, 6) is 1.31. The van der Waals surface area contributed by atoms with Gasteiger partial charge in [0.1, 0.15) is 6.04 Å². The average molecular weight is 440 g/mol. The smallest absolute Gasteiger partial charge is 0.251 e. The van der Waals surface area contributed by atoms with E-state index in [2.05, 4.69) is 48.0 Å². The van der Waals surface area contributed by atoms with Crippen molar-refractivity contribution in [3.8, 4) is 0 Å². The predicted octanol–water partition coefficient (Wildman–Crippen LogP) is 3.88. The molecule has 4 rings (SSSR count). The van der Waals surface area contributed by atoms with Crippen molar-refractivity contribution in [2.24, 2.45) is 0 Å². The Morgan fingerprint density at radius 2 is 2.06 bits per heavy atom. The third-order valence-electron chi connectivity index (χ3n) is 5.75. The number of rotatable bonds is 7. The van der Waals surface area contributed by atoms with Gasteiger partial charge in [0.25, 0.3) is 5.91 Å². The fourth-order valence-corrected chi connectivity index (χ4v) is 4.98. The molecule has 2 atom stereocenters. The van der Waals surface area contributed by atoms with Crippen molar-refractivity contribution in [3.63, 3.8) is 0 Å². The van der Waals surface area contributed by atoms with Crippen LogP contribution >= 0.6 is 11.8 Å². The highest BCUT2D eigenvalue weighted by molar-refractivity contribution is 7.98. The monoisotopic (exact) mass is 439 g/mol. The van der Waals surface area contributed by atoms with Gasteiger partial charge in [-0.2, -0.15) is 11.8 Å². The maximum atomic E-state index is 12.6. The number of hydrogen-bond donors (Lipinski definition) is 3. The molecule has 6 nitrogen and oxygen atoms in total. The third-order valence-corrected chi connectivity index (χ3v) is 6.83. The number of hydrogen-bond acceptors (Lipinski definition) is 5. The zero-order valence-corrected chi connectivity index (χ0v) is 18.8. The molecule has 1 saturated heterocycles. The van der Waals surface area contributed by atoms with Gasteiger partial charge in [-0.3, -0.25) is 9.59 Å². The number of benzene rings is 2. The maximum absolute atomic E-state index is 12.6. The summed E-state index contributed by atoms with van der Waals surface area (Å²) in [4.78, 5) is 25.1. The fraction of sp³-hybridized carbons (Fsp3) is 0.417. The number of anilines is 2. The van der Waals surface area contributed by atoms with Crippen molar-refractivity contribution in [2.75, 3.05) is 29.5 Å². The summed E-state index contributed by atoms with van der Waals surface area (Å²) in [5, 5.41) is 9.19. The molecule has 2 aliphatic heterocycles. The van der Waals surface area contributed by atoms with Crippen LogP contribution in [0.25, 0.3) is 0 Å². The molecule has 2 aliphatic rings. The average Bonchev–Trinajstić information content (AvgIpc) is 3.28. The maximum Gasteiger partial charge on any atom is 0.251 e. The van der Waals surface area contributed by atoms with E-state index in [1.807, 2.05) is 6.07 Å². The second-order valence-electron chi connectivity index (χ2n) is 8.24. The molecule has 0 radical (unpaired) electrons. The zero-order valence-electron chi connectivity index (χ0n) is 18.0. The SMILES string of the molecule is Cc1ccc(C)c(CSCC2Nc3ccc(C(=O)NCC4CCCO4)cc3NC2=O)c1. The van der Waals surface area contributed by atoms with Crippen LogP contribution in [-0.2, 0) is 15.3 Å². The number of fused-ring (bicyclic) bond motifs is 1. The van der Waals surface area contributed by atoms with E-state index in [1.165, 1.54) is 16.7 Å². The van der Waals surface area contributed by atoms with E-state index in [0.717, 1.165) is 30.9 Å². The van der Waals surface area contributed by atoms with Gasteiger partial charge in [-0.05, 0) is 56.0 Å². The highest BCUT2D eigenvalue weighted by Gasteiger charge is 2.26. The van der Waals surface area contributed by atoms with Gasteiger partial charge in [0, 0.05) is 30.2 Å². The van der Waals surface area contributed by atoms with Crippen LogP contribution in [0.3, 0.4) is 0 Å². The summed E-state index contributed by atoms with van der Waals surface area (Å²) < 4.78 is 5.54. The molecule has 1 fully saturated rings. The Labute approximate surface area is 187 Å². The van der Waals surface area contributed by atoms with Crippen molar-refractivity contribution in [1.29, 1.82) is 0 Å². The number of carbonyl (C=O) groups excluding carboxylic acids is 2. The molecule has 3 N–H and O–H groups in total. The summed E-state index contributed by atoms with van der Waals surface area (Å²) in [6, 6.07) is 11.5. The third kappa shape index (κ3) is 5.40. The Bertz CT molecular complexity index is 973. The van der Waals surface area contributed by atoms with Gasteiger partial charge in [0.2, 0.25) is 5.91 Å². The molecule has 0 aromatic heterocycles. The predicted molar refractivity (Wildman–Crippen MR) is 126 cm³/mol. The van der Waals surface area contributed by atoms with Crippen LogP contribution in [0, 0.1) is 13.8 Å². The van der Waals surface area contributed by atoms with Gasteiger partial charge in [-0.25, -0.2) is 0 Å². The molecule has 0 saturated carbocycles. The van der Waals surface area contributed by atoms with Gasteiger partial charge in [-0.1, -0.05) is 23.8 Å². The number of amides is 2. The van der Waals surface area contributed by atoms with E-state index in [-0.39, 0.29) is 24.0 Å². The molecule has 0 spiro atoms. The number of aryl methyl sites for hydroxylation is 2. The van der Waals surface area contributed by atoms with Gasteiger partial charge < -0.3 is 20.7 Å². The fourth-order valence-electron chi connectivity index (χ4n) is 3.86. The zero-order chi connectivity index (χ0) is 21.8. The van der Waals surface area contributed by atoms with E-state index in [9.17, 15) is 9.59 Å². The molecule has 2 unspecified atom stereocenters. The summed E-state index contributed by atoms with van der Waals surface area (Å²) in [6.07, 6.45) is 2.12. The molecule has 7 heteroatoms. The van der Waals surface area contributed by atoms with Gasteiger partial charge in [0.05, 0.1) is 17.5 Å². The minimum atomic E-state index is -0.304. The summed E-state index contributed by atoms with van der Waals surface area (Å²) >= 11 is 1.74. The molecule has 0 bridgehead atoms.